The number of carbonyl (C=O) groups excluding carboxylic acids is 1. The number of halogens is 1. The van der Waals surface area contributed by atoms with Gasteiger partial charge in [0.1, 0.15) is 0 Å². The van der Waals surface area contributed by atoms with E-state index >= 15 is 0 Å². The van der Waals surface area contributed by atoms with E-state index in [4.69, 9.17) is 22.6 Å². The second-order valence-corrected chi connectivity index (χ2v) is 5.14. The van der Waals surface area contributed by atoms with E-state index in [1.807, 2.05) is 13.8 Å². The Bertz CT molecular complexity index is 494. The van der Waals surface area contributed by atoms with Gasteiger partial charge in [-0.25, -0.2) is 0 Å². The van der Waals surface area contributed by atoms with Crippen LogP contribution < -0.4 is 5.73 Å². The summed E-state index contributed by atoms with van der Waals surface area (Å²) in [7, 11) is 0. The molecule has 1 aromatic rings. The van der Waals surface area contributed by atoms with E-state index in [-0.39, 0.29) is 10.9 Å². The van der Waals surface area contributed by atoms with Crippen molar-refractivity contribution >= 4 is 23.2 Å². The van der Waals surface area contributed by atoms with Gasteiger partial charge in [-0.15, -0.1) is 0 Å². The van der Waals surface area contributed by atoms with Gasteiger partial charge in [-0.05, 0) is 18.1 Å². The van der Waals surface area contributed by atoms with Gasteiger partial charge in [0, 0.05) is 13.1 Å². The van der Waals surface area contributed by atoms with Crippen molar-refractivity contribution in [1.29, 1.82) is 5.26 Å². The van der Waals surface area contributed by atoms with Crippen LogP contribution in [0.5, 0.6) is 0 Å². The molecular formula is C14H18ClN3O. The molecule has 19 heavy (non-hydrogen) atoms. The molecule has 0 aliphatic carbocycles. The molecule has 0 saturated carbocycles. The number of amides is 1. The van der Waals surface area contributed by atoms with Crippen LogP contribution in [-0.2, 0) is 0 Å². The summed E-state index contributed by atoms with van der Waals surface area (Å²) in [4.78, 5) is 14.1. The quantitative estimate of drug-likeness (QED) is 0.843. The van der Waals surface area contributed by atoms with Crippen molar-refractivity contribution in [2.24, 2.45) is 5.92 Å². The zero-order chi connectivity index (χ0) is 14.4. The molecule has 1 rings (SSSR count). The Balaban J connectivity index is 2.98. The Morgan fingerprint density at radius 3 is 2.79 bits per heavy atom. The molecule has 0 aliphatic rings. The fraction of sp³-hybridized carbons (Fsp3) is 0.429. The zero-order valence-electron chi connectivity index (χ0n) is 11.2. The number of nitrogens with two attached hydrogens (primary N) is 1. The SMILES string of the molecule is CC(C)CN(CCC#N)C(=O)c1cccc(N)c1Cl. The number of rotatable bonds is 5. The van der Waals surface area contributed by atoms with Gasteiger partial charge in [0.05, 0.1) is 28.8 Å². The van der Waals surface area contributed by atoms with E-state index < -0.39 is 0 Å². The summed E-state index contributed by atoms with van der Waals surface area (Å²) in [5.41, 5.74) is 6.48. The molecule has 1 aromatic carbocycles. The van der Waals surface area contributed by atoms with Gasteiger partial charge >= 0.3 is 0 Å². The first-order valence-corrected chi connectivity index (χ1v) is 6.55. The van der Waals surface area contributed by atoms with E-state index in [1.165, 1.54) is 0 Å². The van der Waals surface area contributed by atoms with Gasteiger partial charge in [0.15, 0.2) is 0 Å². The topological polar surface area (TPSA) is 70.1 Å². The second-order valence-electron chi connectivity index (χ2n) is 4.76. The summed E-state index contributed by atoms with van der Waals surface area (Å²) in [6.07, 6.45) is 0.304. The molecule has 0 bridgehead atoms. The average Bonchev–Trinajstić information content (AvgIpc) is 2.36. The fourth-order valence-electron chi connectivity index (χ4n) is 1.79. The van der Waals surface area contributed by atoms with Crippen molar-refractivity contribution in [2.45, 2.75) is 20.3 Å². The summed E-state index contributed by atoms with van der Waals surface area (Å²) in [5, 5.41) is 8.94. The van der Waals surface area contributed by atoms with Crippen molar-refractivity contribution in [3.63, 3.8) is 0 Å². The second kappa shape index (κ2) is 7.01. The lowest BCUT2D eigenvalue weighted by molar-refractivity contribution is 0.0740. The van der Waals surface area contributed by atoms with E-state index in [2.05, 4.69) is 6.07 Å². The van der Waals surface area contributed by atoms with Crippen molar-refractivity contribution in [2.75, 3.05) is 18.8 Å². The lowest BCUT2D eigenvalue weighted by Crippen LogP contribution is -2.35. The number of nitrogens with zero attached hydrogens (tertiary/aromatic N) is 2. The zero-order valence-corrected chi connectivity index (χ0v) is 11.9. The predicted octanol–water partition coefficient (Wildman–Crippen LogP) is 2.93. The van der Waals surface area contributed by atoms with Crippen molar-refractivity contribution < 1.29 is 4.79 Å². The third kappa shape index (κ3) is 4.15. The summed E-state index contributed by atoms with van der Waals surface area (Å²) < 4.78 is 0. The first-order valence-electron chi connectivity index (χ1n) is 6.17. The molecule has 0 heterocycles. The van der Waals surface area contributed by atoms with Gasteiger partial charge in [0.25, 0.3) is 5.91 Å². The van der Waals surface area contributed by atoms with Gasteiger partial charge in [-0.3, -0.25) is 4.79 Å². The molecule has 0 fully saturated rings. The largest absolute Gasteiger partial charge is 0.398 e. The van der Waals surface area contributed by atoms with Gasteiger partial charge in [-0.1, -0.05) is 31.5 Å². The number of anilines is 1. The van der Waals surface area contributed by atoms with Gasteiger partial charge in [-0.2, -0.15) is 5.26 Å². The van der Waals surface area contributed by atoms with Crippen LogP contribution in [0.15, 0.2) is 18.2 Å². The third-order valence-corrected chi connectivity index (χ3v) is 3.05. The minimum Gasteiger partial charge on any atom is -0.398 e. The molecule has 4 nitrogen and oxygen atoms in total. The highest BCUT2D eigenvalue weighted by atomic mass is 35.5. The highest BCUT2D eigenvalue weighted by Crippen LogP contribution is 2.24. The molecule has 1 amide bonds. The molecule has 0 spiro atoms. The number of benzene rings is 1. The summed E-state index contributed by atoms with van der Waals surface area (Å²) in [5.74, 6) is 0.142. The van der Waals surface area contributed by atoms with Crippen LogP contribution in [0, 0.1) is 17.2 Å². The van der Waals surface area contributed by atoms with Crippen molar-refractivity contribution in [1.82, 2.24) is 4.90 Å². The Morgan fingerprint density at radius 2 is 2.21 bits per heavy atom. The molecule has 5 heteroatoms. The molecule has 0 atom stereocenters. The maximum Gasteiger partial charge on any atom is 0.255 e. The van der Waals surface area contributed by atoms with Crippen LogP contribution in [0.4, 0.5) is 5.69 Å². The first-order chi connectivity index (χ1) is 8.97. The molecular weight excluding hydrogens is 262 g/mol. The minimum atomic E-state index is -0.179. The average molecular weight is 280 g/mol. The van der Waals surface area contributed by atoms with Gasteiger partial charge in [0.2, 0.25) is 0 Å². The predicted molar refractivity (Wildman–Crippen MR) is 76.8 cm³/mol. The third-order valence-electron chi connectivity index (χ3n) is 2.63. The summed E-state index contributed by atoms with van der Waals surface area (Å²) in [6.45, 7) is 5.03. The monoisotopic (exact) mass is 279 g/mol. The van der Waals surface area contributed by atoms with Crippen LogP contribution in [0.1, 0.15) is 30.6 Å². The van der Waals surface area contributed by atoms with Crippen molar-refractivity contribution in [3.05, 3.63) is 28.8 Å². The molecule has 0 unspecified atom stereocenters. The molecule has 0 aliphatic heterocycles. The first kappa shape index (κ1) is 15.3. The molecule has 2 N–H and O–H groups in total. The van der Waals surface area contributed by atoms with E-state index in [9.17, 15) is 4.79 Å². The van der Waals surface area contributed by atoms with E-state index in [1.54, 1.807) is 23.1 Å². The Kier molecular flexibility index (Phi) is 5.65. The Labute approximate surface area is 118 Å². The minimum absolute atomic E-state index is 0.179. The van der Waals surface area contributed by atoms with E-state index in [0.29, 0.717) is 36.7 Å². The Morgan fingerprint density at radius 1 is 1.53 bits per heavy atom. The standard InChI is InChI=1S/C14H18ClN3O/c1-10(2)9-18(8-4-7-16)14(19)11-5-3-6-12(17)13(11)15/h3,5-6,10H,4,8-9,17H2,1-2H3. The fourth-order valence-corrected chi connectivity index (χ4v) is 1.99. The maximum absolute atomic E-state index is 12.4. The normalized spacial score (nSPS) is 10.3. The number of nitriles is 1. The lowest BCUT2D eigenvalue weighted by atomic mass is 10.1. The summed E-state index contributed by atoms with van der Waals surface area (Å²) in [6, 6.07) is 7.06. The van der Waals surface area contributed by atoms with Crippen LogP contribution in [0.3, 0.4) is 0 Å². The highest BCUT2D eigenvalue weighted by Gasteiger charge is 2.19. The van der Waals surface area contributed by atoms with Crippen LogP contribution in [-0.4, -0.2) is 23.9 Å². The molecule has 0 radical (unpaired) electrons. The van der Waals surface area contributed by atoms with Gasteiger partial charge < -0.3 is 10.6 Å². The maximum atomic E-state index is 12.4. The Hall–Kier alpha value is -1.73. The van der Waals surface area contributed by atoms with E-state index in [0.717, 1.165) is 0 Å². The number of hydrogen-bond donors (Lipinski definition) is 1. The number of hydrogen-bond acceptors (Lipinski definition) is 3. The van der Waals surface area contributed by atoms with Crippen molar-refractivity contribution in [3.8, 4) is 6.07 Å². The smallest absolute Gasteiger partial charge is 0.255 e. The molecule has 0 aromatic heterocycles. The number of nitrogen functional groups attached to an aromatic ring is 1. The van der Waals surface area contributed by atoms with Crippen LogP contribution >= 0.6 is 11.6 Å². The van der Waals surface area contributed by atoms with Crippen LogP contribution in [0.2, 0.25) is 5.02 Å². The molecule has 0 saturated heterocycles. The molecule has 102 valence electrons. The van der Waals surface area contributed by atoms with Crippen LogP contribution in [0.25, 0.3) is 0 Å². The highest BCUT2D eigenvalue weighted by molar-refractivity contribution is 6.36. The lowest BCUT2D eigenvalue weighted by Gasteiger charge is -2.24. The number of carbonyl (C=O) groups is 1. The summed E-state index contributed by atoms with van der Waals surface area (Å²) >= 11 is 6.07.